The number of ether oxygens (including phenoxy) is 1. The lowest BCUT2D eigenvalue weighted by molar-refractivity contribution is 0.0689. The molecule has 0 saturated carbocycles. The number of rotatable bonds is 5. The number of benzene rings is 2. The number of likely N-dealkylation sites (tertiary alicyclic amines) is 1. The van der Waals surface area contributed by atoms with Crippen molar-refractivity contribution in [2.45, 2.75) is 19.1 Å². The molecule has 0 radical (unpaired) electrons. The Labute approximate surface area is 130 Å². The van der Waals surface area contributed by atoms with E-state index in [0.717, 1.165) is 26.1 Å². The van der Waals surface area contributed by atoms with Gasteiger partial charge < -0.3 is 9.84 Å². The number of carboxylic acid groups (broad SMARTS) is 1. The zero-order valence-electron chi connectivity index (χ0n) is 12.3. The third-order valence-electron chi connectivity index (χ3n) is 3.89. The number of hydrogen-bond acceptors (Lipinski definition) is 3. The molecular weight excluding hydrogens is 278 g/mol. The second kappa shape index (κ2) is 6.62. The summed E-state index contributed by atoms with van der Waals surface area (Å²) >= 11 is 0. The van der Waals surface area contributed by atoms with Crippen LogP contribution >= 0.6 is 0 Å². The highest BCUT2D eigenvalue weighted by Gasteiger charge is 2.25. The Morgan fingerprint density at radius 1 is 1.14 bits per heavy atom. The van der Waals surface area contributed by atoms with Gasteiger partial charge in [-0.2, -0.15) is 0 Å². The molecule has 22 heavy (non-hydrogen) atoms. The Hall–Kier alpha value is -2.33. The smallest absolute Gasteiger partial charge is 0.339 e. The second-order valence-electron chi connectivity index (χ2n) is 5.55. The van der Waals surface area contributed by atoms with E-state index < -0.39 is 5.97 Å². The summed E-state index contributed by atoms with van der Waals surface area (Å²) < 4.78 is 5.91. The lowest BCUT2D eigenvalue weighted by Gasteiger charge is -2.17. The highest BCUT2D eigenvalue weighted by atomic mass is 16.5. The van der Waals surface area contributed by atoms with Crippen molar-refractivity contribution in [3.63, 3.8) is 0 Å². The van der Waals surface area contributed by atoms with E-state index in [1.165, 1.54) is 5.56 Å². The molecule has 0 aromatic heterocycles. The summed E-state index contributed by atoms with van der Waals surface area (Å²) in [5.41, 5.74) is 1.51. The van der Waals surface area contributed by atoms with E-state index in [9.17, 15) is 9.90 Å². The van der Waals surface area contributed by atoms with Crippen LogP contribution in [0.1, 0.15) is 22.3 Å². The first-order valence-corrected chi connectivity index (χ1v) is 7.47. The van der Waals surface area contributed by atoms with Crippen molar-refractivity contribution in [3.8, 4) is 5.75 Å². The third kappa shape index (κ3) is 3.46. The highest BCUT2D eigenvalue weighted by Crippen LogP contribution is 2.23. The first-order valence-electron chi connectivity index (χ1n) is 7.47. The highest BCUT2D eigenvalue weighted by molar-refractivity contribution is 5.90. The SMILES string of the molecule is O=C(O)c1ccccc1OC1CCN(Cc2ccccc2)C1. The van der Waals surface area contributed by atoms with E-state index in [4.69, 9.17) is 4.74 Å². The molecule has 1 aliphatic heterocycles. The zero-order valence-corrected chi connectivity index (χ0v) is 12.3. The molecule has 0 amide bonds. The van der Waals surface area contributed by atoms with Crippen molar-refractivity contribution in [2.75, 3.05) is 13.1 Å². The molecule has 2 aromatic carbocycles. The number of carboxylic acids is 1. The molecule has 1 heterocycles. The quantitative estimate of drug-likeness (QED) is 0.921. The zero-order chi connectivity index (χ0) is 15.4. The standard InChI is InChI=1S/C18H19NO3/c20-18(21)16-8-4-5-9-17(16)22-15-10-11-19(13-15)12-14-6-2-1-3-7-14/h1-9,15H,10-13H2,(H,20,21). The van der Waals surface area contributed by atoms with Crippen LogP contribution in [0.5, 0.6) is 5.75 Å². The van der Waals surface area contributed by atoms with Crippen LogP contribution in [-0.4, -0.2) is 35.2 Å². The maximum Gasteiger partial charge on any atom is 0.339 e. The summed E-state index contributed by atoms with van der Waals surface area (Å²) in [5, 5.41) is 9.20. The fraction of sp³-hybridized carbons (Fsp3) is 0.278. The molecule has 1 unspecified atom stereocenters. The molecule has 0 spiro atoms. The van der Waals surface area contributed by atoms with Crippen molar-refractivity contribution in [1.82, 2.24) is 4.90 Å². The van der Waals surface area contributed by atoms with Gasteiger partial charge in [0.25, 0.3) is 0 Å². The number of aromatic carboxylic acids is 1. The molecule has 1 saturated heterocycles. The van der Waals surface area contributed by atoms with Crippen molar-refractivity contribution in [2.24, 2.45) is 0 Å². The lowest BCUT2D eigenvalue weighted by atomic mass is 10.2. The van der Waals surface area contributed by atoms with E-state index in [-0.39, 0.29) is 11.7 Å². The van der Waals surface area contributed by atoms with Crippen molar-refractivity contribution < 1.29 is 14.6 Å². The number of carbonyl (C=O) groups is 1. The van der Waals surface area contributed by atoms with Gasteiger partial charge in [-0.15, -0.1) is 0 Å². The molecule has 114 valence electrons. The maximum atomic E-state index is 11.2. The Kier molecular flexibility index (Phi) is 4.39. The minimum atomic E-state index is -0.949. The normalized spacial score (nSPS) is 18.3. The van der Waals surface area contributed by atoms with Gasteiger partial charge in [0.2, 0.25) is 0 Å². The number of hydrogen-bond donors (Lipinski definition) is 1. The summed E-state index contributed by atoms with van der Waals surface area (Å²) in [7, 11) is 0. The predicted molar refractivity (Wildman–Crippen MR) is 84.2 cm³/mol. The number of nitrogens with zero attached hydrogens (tertiary/aromatic N) is 1. The van der Waals surface area contributed by atoms with Crippen molar-refractivity contribution >= 4 is 5.97 Å². The molecule has 0 aliphatic carbocycles. The second-order valence-corrected chi connectivity index (χ2v) is 5.55. The van der Waals surface area contributed by atoms with Crippen molar-refractivity contribution in [3.05, 3.63) is 65.7 Å². The summed E-state index contributed by atoms with van der Waals surface area (Å²) in [5.74, 6) is -0.490. The van der Waals surface area contributed by atoms with E-state index in [2.05, 4.69) is 17.0 Å². The van der Waals surface area contributed by atoms with Gasteiger partial charge in [-0.3, -0.25) is 4.90 Å². The Morgan fingerprint density at radius 3 is 2.64 bits per heavy atom. The molecule has 3 rings (SSSR count). The Morgan fingerprint density at radius 2 is 1.86 bits per heavy atom. The molecule has 0 bridgehead atoms. The van der Waals surface area contributed by atoms with E-state index in [1.807, 2.05) is 18.2 Å². The summed E-state index contributed by atoms with van der Waals surface area (Å²) in [6.45, 7) is 2.69. The van der Waals surface area contributed by atoms with E-state index >= 15 is 0 Å². The first kappa shape index (κ1) is 14.6. The van der Waals surface area contributed by atoms with E-state index in [0.29, 0.717) is 5.75 Å². The van der Waals surface area contributed by atoms with Gasteiger partial charge in [-0.05, 0) is 24.1 Å². The number of para-hydroxylation sites is 1. The van der Waals surface area contributed by atoms with Gasteiger partial charge in [-0.25, -0.2) is 4.79 Å². The molecule has 4 heteroatoms. The van der Waals surface area contributed by atoms with Gasteiger partial charge in [0, 0.05) is 19.6 Å². The molecule has 2 aromatic rings. The molecular formula is C18H19NO3. The van der Waals surface area contributed by atoms with Crippen LogP contribution < -0.4 is 4.74 Å². The van der Waals surface area contributed by atoms with Crippen LogP contribution in [-0.2, 0) is 6.54 Å². The largest absolute Gasteiger partial charge is 0.488 e. The topological polar surface area (TPSA) is 49.8 Å². The molecule has 1 N–H and O–H groups in total. The van der Waals surface area contributed by atoms with Gasteiger partial charge in [0.05, 0.1) is 0 Å². The Bertz CT molecular complexity index is 642. The van der Waals surface area contributed by atoms with Crippen LogP contribution in [0.25, 0.3) is 0 Å². The summed E-state index contributed by atoms with van der Waals surface area (Å²) in [6, 6.07) is 17.2. The third-order valence-corrected chi connectivity index (χ3v) is 3.89. The monoisotopic (exact) mass is 297 g/mol. The van der Waals surface area contributed by atoms with Crippen LogP contribution in [0.3, 0.4) is 0 Å². The minimum absolute atomic E-state index is 0.0456. The molecule has 1 fully saturated rings. The van der Waals surface area contributed by atoms with Crippen molar-refractivity contribution in [1.29, 1.82) is 0 Å². The average molecular weight is 297 g/mol. The van der Waals surface area contributed by atoms with Gasteiger partial charge in [0.15, 0.2) is 0 Å². The fourth-order valence-electron chi connectivity index (χ4n) is 2.80. The van der Waals surface area contributed by atoms with E-state index in [1.54, 1.807) is 24.3 Å². The molecule has 1 aliphatic rings. The van der Waals surface area contributed by atoms with Crippen LogP contribution in [0, 0.1) is 0 Å². The summed E-state index contributed by atoms with van der Waals surface area (Å²) in [4.78, 5) is 13.5. The van der Waals surface area contributed by atoms with Gasteiger partial charge in [0.1, 0.15) is 17.4 Å². The molecule has 1 atom stereocenters. The van der Waals surface area contributed by atoms with Gasteiger partial charge >= 0.3 is 5.97 Å². The van der Waals surface area contributed by atoms with Crippen LogP contribution in [0.2, 0.25) is 0 Å². The fourth-order valence-corrected chi connectivity index (χ4v) is 2.80. The first-order chi connectivity index (χ1) is 10.7. The van der Waals surface area contributed by atoms with Crippen LogP contribution in [0.4, 0.5) is 0 Å². The lowest BCUT2D eigenvalue weighted by Crippen LogP contribution is -2.25. The average Bonchev–Trinajstić information content (AvgIpc) is 2.96. The molecule has 4 nitrogen and oxygen atoms in total. The van der Waals surface area contributed by atoms with Crippen LogP contribution in [0.15, 0.2) is 54.6 Å². The summed E-state index contributed by atoms with van der Waals surface area (Å²) in [6.07, 6.45) is 0.963. The Balaban J connectivity index is 1.61. The predicted octanol–water partition coefficient (Wildman–Crippen LogP) is 3.04. The minimum Gasteiger partial charge on any atom is -0.488 e. The maximum absolute atomic E-state index is 11.2. The van der Waals surface area contributed by atoms with Gasteiger partial charge in [-0.1, -0.05) is 42.5 Å².